The number of aromatic nitrogens is 1. The normalized spacial score (nSPS) is 31.6. The van der Waals surface area contributed by atoms with Crippen molar-refractivity contribution >= 4 is 5.91 Å². The van der Waals surface area contributed by atoms with Crippen molar-refractivity contribution in [2.75, 3.05) is 33.3 Å². The molecule has 3 atom stereocenters. The van der Waals surface area contributed by atoms with Crippen LogP contribution in [0.4, 0.5) is 0 Å². The van der Waals surface area contributed by atoms with Gasteiger partial charge in [-0.2, -0.15) is 0 Å². The molecule has 0 aromatic carbocycles. The molecule has 5 nitrogen and oxygen atoms in total. The van der Waals surface area contributed by atoms with Crippen LogP contribution in [0.2, 0.25) is 0 Å². The van der Waals surface area contributed by atoms with Crippen molar-refractivity contribution in [3.05, 3.63) is 24.4 Å². The molecule has 2 saturated heterocycles. The van der Waals surface area contributed by atoms with Crippen LogP contribution in [0.15, 0.2) is 24.4 Å². The smallest absolute Gasteiger partial charge is 0.226 e. The van der Waals surface area contributed by atoms with Crippen molar-refractivity contribution in [1.82, 2.24) is 14.8 Å². The molecule has 1 aliphatic carbocycles. The average molecular weight is 329 g/mol. The third-order valence-electron chi connectivity index (χ3n) is 6.16. The molecular weight excluding hydrogens is 302 g/mol. The number of hydrogen-bond donors (Lipinski definition) is 0. The summed E-state index contributed by atoms with van der Waals surface area (Å²) in [6.45, 7) is 5.77. The lowest BCUT2D eigenvalue weighted by atomic mass is 9.75. The van der Waals surface area contributed by atoms with E-state index in [0.29, 0.717) is 29.5 Å². The van der Waals surface area contributed by atoms with E-state index in [1.807, 2.05) is 18.2 Å². The van der Waals surface area contributed by atoms with Crippen LogP contribution < -0.4 is 4.74 Å². The maximum absolute atomic E-state index is 12.4. The van der Waals surface area contributed by atoms with Gasteiger partial charge in [-0.1, -0.05) is 13.0 Å². The number of ether oxygens (including phenoxy) is 1. The minimum atomic E-state index is 0.171. The maximum Gasteiger partial charge on any atom is 0.226 e. The summed E-state index contributed by atoms with van der Waals surface area (Å²) >= 11 is 0. The Bertz CT molecular complexity index is 600. The fourth-order valence-corrected chi connectivity index (χ4v) is 4.28. The van der Waals surface area contributed by atoms with Gasteiger partial charge in [0.2, 0.25) is 11.8 Å². The van der Waals surface area contributed by atoms with Crippen molar-refractivity contribution in [1.29, 1.82) is 0 Å². The Balaban J connectivity index is 1.32. The molecule has 24 heavy (non-hydrogen) atoms. The summed E-state index contributed by atoms with van der Waals surface area (Å²) < 4.78 is 5.87. The van der Waals surface area contributed by atoms with Gasteiger partial charge >= 0.3 is 0 Å². The molecule has 0 unspecified atom stereocenters. The predicted octanol–water partition coefficient (Wildman–Crippen LogP) is 2.04. The summed E-state index contributed by atoms with van der Waals surface area (Å²) in [5.41, 5.74) is 0.171. The lowest BCUT2D eigenvalue weighted by molar-refractivity contribution is -0.152. The minimum absolute atomic E-state index is 0.171. The molecule has 3 fully saturated rings. The Hall–Kier alpha value is -1.62. The van der Waals surface area contributed by atoms with Crippen LogP contribution in [-0.2, 0) is 4.79 Å². The predicted molar refractivity (Wildman–Crippen MR) is 91.7 cm³/mol. The van der Waals surface area contributed by atoms with Crippen LogP contribution in [0.1, 0.15) is 26.2 Å². The highest BCUT2D eigenvalue weighted by Gasteiger charge is 2.53. The van der Waals surface area contributed by atoms with Crippen LogP contribution in [0.5, 0.6) is 5.88 Å². The highest BCUT2D eigenvalue weighted by atomic mass is 16.5. The highest BCUT2D eigenvalue weighted by molar-refractivity contribution is 5.82. The summed E-state index contributed by atoms with van der Waals surface area (Å²) in [5, 5.41) is 0. The lowest BCUT2D eigenvalue weighted by Gasteiger charge is -2.58. The number of nitrogens with zero attached hydrogens (tertiary/aromatic N) is 3. The molecule has 3 aliphatic rings. The second-order valence-electron chi connectivity index (χ2n) is 8.00. The number of likely N-dealkylation sites (N-methyl/N-ethyl adjacent to an activating group) is 1. The Morgan fingerprint density at radius 1 is 1.42 bits per heavy atom. The topological polar surface area (TPSA) is 45.7 Å². The van der Waals surface area contributed by atoms with E-state index in [0.717, 1.165) is 45.5 Å². The quantitative estimate of drug-likeness (QED) is 0.848. The zero-order valence-corrected chi connectivity index (χ0v) is 14.6. The SMILES string of the molecule is C[C@@H]1C[C@H]1C(=O)N1CC2(C[C@H](COc3ccccn3)CCN2C)C1. The molecule has 2 aliphatic heterocycles. The van der Waals surface area contributed by atoms with Gasteiger partial charge in [0, 0.05) is 31.3 Å². The zero-order chi connectivity index (χ0) is 16.7. The number of hydrogen-bond acceptors (Lipinski definition) is 4. The van der Waals surface area contributed by atoms with E-state index in [9.17, 15) is 4.79 Å². The number of carbonyl (C=O) groups is 1. The highest BCUT2D eigenvalue weighted by Crippen LogP contribution is 2.44. The fraction of sp³-hybridized carbons (Fsp3) is 0.684. The Morgan fingerprint density at radius 3 is 2.88 bits per heavy atom. The van der Waals surface area contributed by atoms with Gasteiger partial charge in [-0.15, -0.1) is 0 Å². The molecule has 1 spiro atoms. The van der Waals surface area contributed by atoms with E-state index in [-0.39, 0.29) is 5.54 Å². The number of likely N-dealkylation sites (tertiary alicyclic amines) is 2. The average Bonchev–Trinajstić information content (AvgIpc) is 3.29. The molecule has 1 amide bonds. The molecule has 3 heterocycles. The summed E-state index contributed by atoms with van der Waals surface area (Å²) in [7, 11) is 2.21. The van der Waals surface area contributed by atoms with E-state index in [4.69, 9.17) is 4.74 Å². The van der Waals surface area contributed by atoms with Crippen molar-refractivity contribution in [2.45, 2.75) is 31.7 Å². The largest absolute Gasteiger partial charge is 0.477 e. The summed E-state index contributed by atoms with van der Waals surface area (Å²) in [6, 6.07) is 5.76. The van der Waals surface area contributed by atoms with Gasteiger partial charge in [0.25, 0.3) is 0 Å². The van der Waals surface area contributed by atoms with Crippen molar-refractivity contribution in [3.8, 4) is 5.88 Å². The van der Waals surface area contributed by atoms with E-state index in [2.05, 4.69) is 28.8 Å². The van der Waals surface area contributed by atoms with Crippen molar-refractivity contribution in [2.24, 2.45) is 17.8 Å². The standard InChI is InChI=1S/C19H27N3O2/c1-14-9-16(14)18(23)22-12-19(13-22)10-15(6-8-21(19)2)11-24-17-5-3-4-7-20-17/h3-5,7,14-16H,6,8-13H2,1-2H3/t14-,15-,16-/m1/s1. The minimum Gasteiger partial charge on any atom is -0.477 e. The lowest BCUT2D eigenvalue weighted by Crippen LogP contribution is -2.72. The molecule has 1 saturated carbocycles. The summed E-state index contributed by atoms with van der Waals surface area (Å²) in [6.07, 6.45) is 5.11. The number of carbonyl (C=O) groups excluding carboxylic acids is 1. The number of amides is 1. The summed E-state index contributed by atoms with van der Waals surface area (Å²) in [5.74, 6) is 2.53. The number of piperidine rings is 1. The zero-order valence-electron chi connectivity index (χ0n) is 14.6. The molecular formula is C19H27N3O2. The van der Waals surface area contributed by atoms with Gasteiger partial charge < -0.3 is 9.64 Å². The first-order valence-corrected chi connectivity index (χ1v) is 9.11. The first-order chi connectivity index (χ1) is 11.6. The van der Waals surface area contributed by atoms with Crippen LogP contribution in [0.25, 0.3) is 0 Å². The Kier molecular flexibility index (Phi) is 3.99. The van der Waals surface area contributed by atoms with Gasteiger partial charge in [0.05, 0.1) is 12.1 Å². The molecule has 5 heteroatoms. The third-order valence-corrected chi connectivity index (χ3v) is 6.16. The van der Waals surface area contributed by atoms with E-state index in [1.54, 1.807) is 6.20 Å². The molecule has 0 radical (unpaired) electrons. The van der Waals surface area contributed by atoms with Crippen molar-refractivity contribution in [3.63, 3.8) is 0 Å². The first-order valence-electron chi connectivity index (χ1n) is 9.11. The van der Waals surface area contributed by atoms with Crippen LogP contribution in [0.3, 0.4) is 0 Å². The number of pyridine rings is 1. The van der Waals surface area contributed by atoms with E-state index >= 15 is 0 Å². The van der Waals surface area contributed by atoms with Gasteiger partial charge in [0.1, 0.15) is 0 Å². The van der Waals surface area contributed by atoms with Crippen LogP contribution in [-0.4, -0.2) is 59.5 Å². The van der Waals surface area contributed by atoms with E-state index in [1.165, 1.54) is 0 Å². The van der Waals surface area contributed by atoms with Crippen LogP contribution >= 0.6 is 0 Å². The number of rotatable bonds is 4. The van der Waals surface area contributed by atoms with Crippen LogP contribution in [0, 0.1) is 17.8 Å². The molecule has 1 aromatic heterocycles. The Morgan fingerprint density at radius 2 is 2.21 bits per heavy atom. The van der Waals surface area contributed by atoms with Gasteiger partial charge in [-0.3, -0.25) is 9.69 Å². The van der Waals surface area contributed by atoms with E-state index < -0.39 is 0 Å². The van der Waals surface area contributed by atoms with Crippen molar-refractivity contribution < 1.29 is 9.53 Å². The second-order valence-corrected chi connectivity index (χ2v) is 8.00. The molecule has 0 bridgehead atoms. The Labute approximate surface area is 144 Å². The summed E-state index contributed by atoms with van der Waals surface area (Å²) in [4.78, 5) is 21.2. The molecule has 1 aromatic rings. The second kappa shape index (κ2) is 6.03. The third kappa shape index (κ3) is 2.90. The maximum atomic E-state index is 12.4. The molecule has 4 rings (SSSR count). The van der Waals surface area contributed by atoms with Gasteiger partial charge in [0.15, 0.2) is 0 Å². The van der Waals surface area contributed by atoms with Gasteiger partial charge in [-0.25, -0.2) is 4.98 Å². The molecule has 130 valence electrons. The fourth-order valence-electron chi connectivity index (χ4n) is 4.28. The van der Waals surface area contributed by atoms with Gasteiger partial charge in [-0.05, 0) is 50.8 Å². The monoisotopic (exact) mass is 329 g/mol. The first kappa shape index (κ1) is 15.9. The molecule has 0 N–H and O–H groups in total.